The minimum absolute atomic E-state index is 0.121. The molecule has 1 saturated heterocycles. The van der Waals surface area contributed by atoms with E-state index in [1.54, 1.807) is 18.2 Å². The number of hydrogen-bond donors (Lipinski definition) is 2. The summed E-state index contributed by atoms with van der Waals surface area (Å²) >= 11 is 0. The molecule has 1 aliphatic heterocycles. The number of rotatable bonds is 4. The van der Waals surface area contributed by atoms with Crippen molar-refractivity contribution in [3.8, 4) is 0 Å². The van der Waals surface area contributed by atoms with Crippen molar-refractivity contribution in [2.45, 2.75) is 6.42 Å². The smallest absolute Gasteiger partial charge is 0.328 e. The van der Waals surface area contributed by atoms with Crippen LogP contribution in [0.2, 0.25) is 0 Å². The normalized spacial score (nSPS) is 18.6. The van der Waals surface area contributed by atoms with Crippen LogP contribution in [0.4, 0.5) is 5.82 Å². The average Bonchev–Trinajstić information content (AvgIpc) is 2.91. The molecule has 2 heterocycles. The molecule has 2 rings (SSSR count). The predicted molar refractivity (Wildman–Crippen MR) is 68.5 cm³/mol. The number of carbonyl (C=O) groups excluding carboxylic acids is 1. The highest BCUT2D eigenvalue weighted by molar-refractivity contribution is 5.92. The summed E-state index contributed by atoms with van der Waals surface area (Å²) in [5.41, 5.74) is 0.475. The van der Waals surface area contributed by atoms with Crippen LogP contribution in [-0.4, -0.2) is 35.2 Å². The maximum atomic E-state index is 11.8. The molecule has 1 unspecified atom stereocenters. The lowest BCUT2D eigenvalue weighted by Crippen LogP contribution is -2.23. The molecule has 0 radical (unpaired) electrons. The SMILES string of the molecule is O=C(O)/C=C/c1cccc(NC(=O)C2CCOC2)n1. The lowest BCUT2D eigenvalue weighted by atomic mass is 10.1. The fourth-order valence-corrected chi connectivity index (χ4v) is 1.74. The minimum Gasteiger partial charge on any atom is -0.478 e. The fourth-order valence-electron chi connectivity index (χ4n) is 1.74. The Kier molecular flexibility index (Phi) is 4.25. The first kappa shape index (κ1) is 13.2. The van der Waals surface area contributed by atoms with E-state index >= 15 is 0 Å². The molecule has 19 heavy (non-hydrogen) atoms. The Morgan fingerprint density at radius 1 is 1.47 bits per heavy atom. The molecule has 1 aromatic heterocycles. The number of aliphatic carboxylic acids is 1. The van der Waals surface area contributed by atoms with Gasteiger partial charge in [-0.05, 0) is 24.6 Å². The summed E-state index contributed by atoms with van der Waals surface area (Å²) in [6, 6.07) is 5.02. The van der Waals surface area contributed by atoms with Gasteiger partial charge >= 0.3 is 5.97 Å². The van der Waals surface area contributed by atoms with E-state index in [1.165, 1.54) is 6.08 Å². The van der Waals surface area contributed by atoms with Crippen molar-refractivity contribution in [1.29, 1.82) is 0 Å². The highest BCUT2D eigenvalue weighted by Crippen LogP contribution is 2.15. The molecule has 1 amide bonds. The second-order valence-electron chi connectivity index (χ2n) is 4.17. The average molecular weight is 262 g/mol. The first-order valence-corrected chi connectivity index (χ1v) is 5.92. The lowest BCUT2D eigenvalue weighted by molar-refractivity contribution is -0.131. The van der Waals surface area contributed by atoms with E-state index in [4.69, 9.17) is 9.84 Å². The Hall–Kier alpha value is -2.21. The number of pyridine rings is 1. The molecule has 0 aromatic carbocycles. The van der Waals surface area contributed by atoms with Gasteiger partial charge in [0.2, 0.25) is 5.91 Å². The van der Waals surface area contributed by atoms with Gasteiger partial charge in [0.05, 0.1) is 18.2 Å². The summed E-state index contributed by atoms with van der Waals surface area (Å²) in [5.74, 6) is -0.895. The summed E-state index contributed by atoms with van der Waals surface area (Å²) in [6.07, 6.45) is 3.08. The number of anilines is 1. The Balaban J connectivity index is 2.02. The molecule has 6 heteroatoms. The van der Waals surface area contributed by atoms with Gasteiger partial charge in [-0.3, -0.25) is 4.79 Å². The predicted octanol–water partition coefficient (Wildman–Crippen LogP) is 1.15. The third-order valence-electron chi connectivity index (χ3n) is 2.72. The van der Waals surface area contributed by atoms with Crippen molar-refractivity contribution < 1.29 is 19.4 Å². The zero-order valence-electron chi connectivity index (χ0n) is 10.2. The quantitative estimate of drug-likeness (QED) is 0.795. The van der Waals surface area contributed by atoms with Crippen LogP contribution in [0.5, 0.6) is 0 Å². The molecule has 0 saturated carbocycles. The summed E-state index contributed by atoms with van der Waals surface area (Å²) in [7, 11) is 0. The lowest BCUT2D eigenvalue weighted by Gasteiger charge is -2.08. The number of amides is 1. The number of nitrogens with one attached hydrogen (secondary N) is 1. The van der Waals surface area contributed by atoms with Gasteiger partial charge in [-0.2, -0.15) is 0 Å². The summed E-state index contributed by atoms with van der Waals surface area (Å²) in [4.78, 5) is 26.4. The largest absolute Gasteiger partial charge is 0.478 e. The molecule has 0 aliphatic carbocycles. The number of carbonyl (C=O) groups is 2. The van der Waals surface area contributed by atoms with Gasteiger partial charge in [0.1, 0.15) is 5.82 Å². The van der Waals surface area contributed by atoms with Crippen LogP contribution in [0.1, 0.15) is 12.1 Å². The van der Waals surface area contributed by atoms with Gasteiger partial charge < -0.3 is 15.2 Å². The molecule has 2 N–H and O–H groups in total. The Morgan fingerprint density at radius 2 is 2.32 bits per heavy atom. The van der Waals surface area contributed by atoms with E-state index in [0.717, 1.165) is 6.08 Å². The molecule has 1 aliphatic rings. The van der Waals surface area contributed by atoms with Gasteiger partial charge in [0.15, 0.2) is 0 Å². The van der Waals surface area contributed by atoms with Crippen LogP contribution >= 0.6 is 0 Å². The Morgan fingerprint density at radius 3 is 3.00 bits per heavy atom. The van der Waals surface area contributed by atoms with Crippen molar-refractivity contribution in [2.24, 2.45) is 5.92 Å². The van der Waals surface area contributed by atoms with Crippen LogP contribution < -0.4 is 5.32 Å². The molecule has 0 bridgehead atoms. The third-order valence-corrected chi connectivity index (χ3v) is 2.72. The Bertz CT molecular complexity index is 507. The highest BCUT2D eigenvalue weighted by Gasteiger charge is 2.23. The number of carboxylic acids is 1. The molecule has 1 fully saturated rings. The van der Waals surface area contributed by atoms with Gasteiger partial charge in [-0.1, -0.05) is 6.07 Å². The molecule has 1 atom stereocenters. The first-order valence-electron chi connectivity index (χ1n) is 5.92. The summed E-state index contributed by atoms with van der Waals surface area (Å²) in [6.45, 7) is 1.04. The van der Waals surface area contributed by atoms with E-state index in [9.17, 15) is 9.59 Å². The van der Waals surface area contributed by atoms with E-state index in [1.807, 2.05) is 0 Å². The second kappa shape index (κ2) is 6.10. The van der Waals surface area contributed by atoms with E-state index < -0.39 is 5.97 Å². The van der Waals surface area contributed by atoms with E-state index in [-0.39, 0.29) is 11.8 Å². The van der Waals surface area contributed by atoms with Crippen LogP contribution in [0.25, 0.3) is 6.08 Å². The number of nitrogens with zero attached hydrogens (tertiary/aromatic N) is 1. The van der Waals surface area contributed by atoms with Crippen molar-refractivity contribution in [1.82, 2.24) is 4.98 Å². The maximum Gasteiger partial charge on any atom is 0.328 e. The molecule has 100 valence electrons. The highest BCUT2D eigenvalue weighted by atomic mass is 16.5. The zero-order valence-corrected chi connectivity index (χ0v) is 10.2. The maximum absolute atomic E-state index is 11.8. The molecule has 1 aromatic rings. The fraction of sp³-hybridized carbons (Fsp3) is 0.308. The number of carboxylic acid groups (broad SMARTS) is 1. The number of hydrogen-bond acceptors (Lipinski definition) is 4. The van der Waals surface area contributed by atoms with Gasteiger partial charge in [-0.15, -0.1) is 0 Å². The standard InChI is InChI=1S/C13H14N2O4/c16-12(17)5-4-10-2-1-3-11(14-10)15-13(18)9-6-7-19-8-9/h1-5,9H,6-8H2,(H,16,17)(H,14,15,18)/b5-4+. The van der Waals surface area contributed by atoms with Crippen LogP contribution in [-0.2, 0) is 14.3 Å². The van der Waals surface area contributed by atoms with Gasteiger partial charge in [0, 0.05) is 12.7 Å². The van der Waals surface area contributed by atoms with Crippen LogP contribution in [0.15, 0.2) is 24.3 Å². The van der Waals surface area contributed by atoms with E-state index in [0.29, 0.717) is 31.1 Å². The van der Waals surface area contributed by atoms with Gasteiger partial charge in [-0.25, -0.2) is 9.78 Å². The Labute approximate surface area is 110 Å². The van der Waals surface area contributed by atoms with Crippen LogP contribution in [0, 0.1) is 5.92 Å². The number of aromatic nitrogens is 1. The third kappa shape index (κ3) is 3.89. The summed E-state index contributed by atoms with van der Waals surface area (Å²) in [5, 5.41) is 11.2. The zero-order chi connectivity index (χ0) is 13.7. The number of ether oxygens (including phenoxy) is 1. The van der Waals surface area contributed by atoms with Crippen molar-refractivity contribution in [3.05, 3.63) is 30.0 Å². The monoisotopic (exact) mass is 262 g/mol. The molecular weight excluding hydrogens is 248 g/mol. The topological polar surface area (TPSA) is 88.5 Å². The first-order chi connectivity index (χ1) is 9.15. The van der Waals surface area contributed by atoms with Crippen molar-refractivity contribution in [2.75, 3.05) is 18.5 Å². The van der Waals surface area contributed by atoms with Crippen LogP contribution in [0.3, 0.4) is 0 Å². The van der Waals surface area contributed by atoms with Gasteiger partial charge in [0.25, 0.3) is 0 Å². The second-order valence-corrected chi connectivity index (χ2v) is 4.17. The molecule has 0 spiro atoms. The summed E-state index contributed by atoms with van der Waals surface area (Å²) < 4.78 is 5.15. The van der Waals surface area contributed by atoms with Crippen molar-refractivity contribution in [3.63, 3.8) is 0 Å². The van der Waals surface area contributed by atoms with Crippen molar-refractivity contribution >= 4 is 23.8 Å². The minimum atomic E-state index is -1.04. The molecule has 6 nitrogen and oxygen atoms in total. The molecular formula is C13H14N2O4. The van der Waals surface area contributed by atoms with E-state index in [2.05, 4.69) is 10.3 Å².